The molecule has 5 nitrogen and oxygen atoms in total. The summed E-state index contributed by atoms with van der Waals surface area (Å²) in [6.45, 7) is 8.31. The molecule has 0 aromatic carbocycles. The van der Waals surface area contributed by atoms with E-state index in [1.807, 2.05) is 5.38 Å². The topological polar surface area (TPSA) is 72.2 Å². The fraction of sp³-hybridized carbons (Fsp3) is 0.400. The summed E-state index contributed by atoms with van der Waals surface area (Å²) in [5, 5.41) is 11.8. The maximum absolute atomic E-state index is 12.2. The van der Waals surface area contributed by atoms with Gasteiger partial charge in [-0.15, -0.1) is 11.3 Å². The Bertz CT molecular complexity index is 738. The second-order valence-electron chi connectivity index (χ2n) is 5.96. The number of hydrogen-bond acceptors (Lipinski definition) is 4. The first-order valence-corrected chi connectivity index (χ1v) is 7.46. The zero-order chi connectivity index (χ0) is 15.8. The highest BCUT2D eigenvalue weighted by Crippen LogP contribution is 2.24. The molecule has 0 aliphatic carbocycles. The number of aromatic carboxylic acids is 1. The maximum atomic E-state index is 12.2. The molecular formula is C15H18N2O3S. The van der Waals surface area contributed by atoms with Crippen molar-refractivity contribution >= 4 is 17.3 Å². The van der Waals surface area contributed by atoms with Crippen LogP contribution >= 0.6 is 11.3 Å². The van der Waals surface area contributed by atoms with Crippen molar-refractivity contribution in [3.8, 4) is 0 Å². The number of nitrogens with zero attached hydrogens (tertiary/aromatic N) is 2. The van der Waals surface area contributed by atoms with Gasteiger partial charge in [-0.3, -0.25) is 4.79 Å². The maximum Gasteiger partial charge on any atom is 0.341 e. The molecule has 0 saturated carbocycles. The standard InChI is InChI=1S/C15H18N2O3S/c1-9-5-6-10(14(19)20)13(18)17(9)7-12-16-11(8-21-12)15(2,3)4/h5-6,8H,7H2,1-4H3,(H,19,20). The highest BCUT2D eigenvalue weighted by Gasteiger charge is 2.18. The molecule has 0 amide bonds. The average molecular weight is 306 g/mol. The molecular weight excluding hydrogens is 288 g/mol. The van der Waals surface area contributed by atoms with E-state index in [0.29, 0.717) is 6.54 Å². The number of carboxylic acids is 1. The van der Waals surface area contributed by atoms with Crippen LogP contribution in [0.15, 0.2) is 22.3 Å². The first-order valence-electron chi connectivity index (χ1n) is 6.59. The minimum atomic E-state index is -1.21. The molecule has 0 saturated heterocycles. The SMILES string of the molecule is Cc1ccc(C(=O)O)c(=O)n1Cc1nc(C(C)(C)C)cs1. The molecule has 112 valence electrons. The normalized spacial score (nSPS) is 11.6. The lowest BCUT2D eigenvalue weighted by Gasteiger charge is -2.14. The fourth-order valence-electron chi connectivity index (χ4n) is 1.89. The highest BCUT2D eigenvalue weighted by molar-refractivity contribution is 7.09. The molecule has 0 aliphatic rings. The van der Waals surface area contributed by atoms with Crippen LogP contribution in [-0.4, -0.2) is 20.6 Å². The second-order valence-corrected chi connectivity index (χ2v) is 6.90. The molecule has 2 heterocycles. The van der Waals surface area contributed by atoms with E-state index in [-0.39, 0.29) is 11.0 Å². The van der Waals surface area contributed by atoms with Crippen molar-refractivity contribution < 1.29 is 9.90 Å². The lowest BCUT2D eigenvalue weighted by molar-refractivity contribution is 0.0694. The number of aryl methyl sites for hydroxylation is 1. The number of carbonyl (C=O) groups is 1. The first-order chi connectivity index (χ1) is 9.70. The zero-order valence-electron chi connectivity index (χ0n) is 12.5. The van der Waals surface area contributed by atoms with Crippen molar-refractivity contribution in [2.45, 2.75) is 39.7 Å². The van der Waals surface area contributed by atoms with Crippen LogP contribution in [0.1, 0.15) is 47.5 Å². The van der Waals surface area contributed by atoms with Gasteiger partial charge in [-0.1, -0.05) is 20.8 Å². The Labute approximate surface area is 126 Å². The Balaban J connectivity index is 2.40. The van der Waals surface area contributed by atoms with Crippen molar-refractivity contribution in [2.24, 2.45) is 0 Å². The molecule has 1 N–H and O–H groups in total. The summed E-state index contributed by atoms with van der Waals surface area (Å²) in [5.74, 6) is -1.21. The number of rotatable bonds is 3. The fourth-order valence-corrected chi connectivity index (χ4v) is 2.90. The lowest BCUT2D eigenvalue weighted by Crippen LogP contribution is -2.28. The van der Waals surface area contributed by atoms with Gasteiger partial charge in [0.05, 0.1) is 12.2 Å². The Morgan fingerprint density at radius 1 is 1.38 bits per heavy atom. The van der Waals surface area contributed by atoms with E-state index < -0.39 is 11.5 Å². The third kappa shape index (κ3) is 3.21. The molecule has 21 heavy (non-hydrogen) atoms. The van der Waals surface area contributed by atoms with E-state index in [1.165, 1.54) is 22.0 Å². The van der Waals surface area contributed by atoms with Gasteiger partial charge in [-0.2, -0.15) is 0 Å². The minimum absolute atomic E-state index is 0.0440. The van der Waals surface area contributed by atoms with Gasteiger partial charge < -0.3 is 9.67 Å². The zero-order valence-corrected chi connectivity index (χ0v) is 13.3. The molecule has 0 atom stereocenters. The van der Waals surface area contributed by atoms with Crippen molar-refractivity contribution in [2.75, 3.05) is 0 Å². The van der Waals surface area contributed by atoms with Gasteiger partial charge >= 0.3 is 5.97 Å². The quantitative estimate of drug-likeness (QED) is 0.946. The van der Waals surface area contributed by atoms with Gasteiger partial charge in [0.2, 0.25) is 0 Å². The predicted octanol–water partition coefficient (Wildman–Crippen LogP) is 2.66. The van der Waals surface area contributed by atoms with Gasteiger partial charge in [0.15, 0.2) is 0 Å². The predicted molar refractivity (Wildman–Crippen MR) is 82.3 cm³/mol. The van der Waals surface area contributed by atoms with E-state index in [2.05, 4.69) is 25.8 Å². The summed E-state index contributed by atoms with van der Waals surface area (Å²) < 4.78 is 1.45. The molecule has 0 radical (unpaired) electrons. The summed E-state index contributed by atoms with van der Waals surface area (Å²) in [5.41, 5.74) is 0.945. The monoisotopic (exact) mass is 306 g/mol. The van der Waals surface area contributed by atoms with Gasteiger partial charge in [-0.25, -0.2) is 9.78 Å². The molecule has 2 aromatic heterocycles. The molecule has 0 bridgehead atoms. The van der Waals surface area contributed by atoms with Gasteiger partial charge in [0, 0.05) is 16.5 Å². The Kier molecular flexibility index (Phi) is 4.00. The van der Waals surface area contributed by atoms with Gasteiger partial charge in [-0.05, 0) is 19.1 Å². The molecule has 2 aromatic rings. The highest BCUT2D eigenvalue weighted by atomic mass is 32.1. The molecule has 2 rings (SSSR count). The van der Waals surface area contributed by atoms with Crippen molar-refractivity contribution in [1.29, 1.82) is 0 Å². The van der Waals surface area contributed by atoms with Crippen LogP contribution < -0.4 is 5.56 Å². The summed E-state index contributed by atoms with van der Waals surface area (Å²) >= 11 is 1.48. The second kappa shape index (κ2) is 5.44. The first kappa shape index (κ1) is 15.4. The molecule has 0 spiro atoms. The number of thiazole rings is 1. The average Bonchev–Trinajstić information content (AvgIpc) is 2.82. The third-order valence-corrected chi connectivity index (χ3v) is 4.07. The summed E-state index contributed by atoms with van der Waals surface area (Å²) in [6.07, 6.45) is 0. The molecule has 0 aliphatic heterocycles. The van der Waals surface area contributed by atoms with Crippen LogP contribution in [0.5, 0.6) is 0 Å². The van der Waals surface area contributed by atoms with Crippen LogP contribution in [0, 0.1) is 6.92 Å². The number of aromatic nitrogens is 2. The summed E-state index contributed by atoms with van der Waals surface area (Å²) in [6, 6.07) is 2.99. The van der Waals surface area contributed by atoms with Crippen LogP contribution in [0.3, 0.4) is 0 Å². The lowest BCUT2D eigenvalue weighted by atomic mass is 9.93. The summed E-state index contributed by atoms with van der Waals surface area (Å²) in [4.78, 5) is 27.8. The molecule has 0 unspecified atom stereocenters. The number of hydrogen-bond donors (Lipinski definition) is 1. The Hall–Kier alpha value is -1.95. The van der Waals surface area contributed by atoms with E-state index in [0.717, 1.165) is 16.4 Å². The minimum Gasteiger partial charge on any atom is -0.477 e. The van der Waals surface area contributed by atoms with Crippen molar-refractivity contribution in [3.05, 3.63) is 49.8 Å². The number of pyridine rings is 1. The van der Waals surface area contributed by atoms with Crippen molar-refractivity contribution in [3.63, 3.8) is 0 Å². The third-order valence-electron chi connectivity index (χ3n) is 3.24. The Morgan fingerprint density at radius 3 is 2.57 bits per heavy atom. The van der Waals surface area contributed by atoms with Gasteiger partial charge in [0.1, 0.15) is 10.6 Å². The largest absolute Gasteiger partial charge is 0.477 e. The Morgan fingerprint density at radius 2 is 2.05 bits per heavy atom. The van der Waals surface area contributed by atoms with Crippen LogP contribution in [-0.2, 0) is 12.0 Å². The molecule has 0 fully saturated rings. The van der Waals surface area contributed by atoms with Crippen LogP contribution in [0.2, 0.25) is 0 Å². The van der Waals surface area contributed by atoms with Crippen molar-refractivity contribution in [1.82, 2.24) is 9.55 Å². The smallest absolute Gasteiger partial charge is 0.341 e. The van der Waals surface area contributed by atoms with E-state index in [1.54, 1.807) is 13.0 Å². The van der Waals surface area contributed by atoms with E-state index in [9.17, 15) is 9.59 Å². The van der Waals surface area contributed by atoms with Gasteiger partial charge in [0.25, 0.3) is 5.56 Å². The van der Waals surface area contributed by atoms with Crippen LogP contribution in [0.4, 0.5) is 0 Å². The number of carboxylic acid groups (broad SMARTS) is 1. The molecule has 6 heteroatoms. The van der Waals surface area contributed by atoms with E-state index >= 15 is 0 Å². The summed E-state index contributed by atoms with van der Waals surface area (Å²) in [7, 11) is 0. The van der Waals surface area contributed by atoms with E-state index in [4.69, 9.17) is 5.11 Å². The van der Waals surface area contributed by atoms with Crippen LogP contribution in [0.25, 0.3) is 0 Å².